The minimum atomic E-state index is 0.0889. The zero-order valence-corrected chi connectivity index (χ0v) is 9.55. The first-order chi connectivity index (χ1) is 6.02. The number of ketones is 1. The minimum Gasteiger partial charge on any atom is -0.377 e. The fourth-order valence-corrected chi connectivity index (χ4v) is 1.82. The summed E-state index contributed by atoms with van der Waals surface area (Å²) < 4.78 is 0.949. The molecule has 0 aliphatic carbocycles. The lowest BCUT2D eigenvalue weighted by Crippen LogP contribution is -2.09. The third-order valence-corrected chi connectivity index (χ3v) is 2.47. The Hall–Kier alpha value is -0.830. The second-order valence-electron chi connectivity index (χ2n) is 3.12. The van der Waals surface area contributed by atoms with Gasteiger partial charge in [-0.3, -0.25) is 4.79 Å². The predicted molar refractivity (Wildman–Crippen MR) is 58.5 cm³/mol. The molecule has 2 nitrogen and oxygen atoms in total. The molecule has 0 fully saturated rings. The van der Waals surface area contributed by atoms with E-state index < -0.39 is 0 Å². The summed E-state index contributed by atoms with van der Waals surface area (Å²) in [6, 6.07) is 5.61. The molecule has 0 radical (unpaired) electrons. The number of nitrogens with zero attached hydrogens (tertiary/aromatic N) is 1. The van der Waals surface area contributed by atoms with Gasteiger partial charge in [0.15, 0.2) is 5.78 Å². The van der Waals surface area contributed by atoms with E-state index in [4.69, 9.17) is 0 Å². The van der Waals surface area contributed by atoms with Gasteiger partial charge >= 0.3 is 0 Å². The van der Waals surface area contributed by atoms with E-state index in [-0.39, 0.29) is 5.78 Å². The first-order valence-corrected chi connectivity index (χ1v) is 4.79. The van der Waals surface area contributed by atoms with Crippen LogP contribution in [0.25, 0.3) is 0 Å². The number of carbonyl (C=O) groups excluding carboxylic acids is 1. The van der Waals surface area contributed by atoms with Crippen LogP contribution in [-0.4, -0.2) is 19.9 Å². The monoisotopic (exact) mass is 241 g/mol. The highest BCUT2D eigenvalue weighted by molar-refractivity contribution is 9.10. The smallest absolute Gasteiger partial charge is 0.159 e. The molecule has 3 heteroatoms. The van der Waals surface area contributed by atoms with Crippen LogP contribution >= 0.6 is 15.9 Å². The van der Waals surface area contributed by atoms with E-state index >= 15 is 0 Å². The van der Waals surface area contributed by atoms with Gasteiger partial charge in [-0.1, -0.05) is 0 Å². The van der Waals surface area contributed by atoms with Crippen molar-refractivity contribution in [2.45, 2.75) is 6.92 Å². The summed E-state index contributed by atoms with van der Waals surface area (Å²) in [6.45, 7) is 1.57. The molecule has 0 saturated carbocycles. The van der Waals surface area contributed by atoms with Gasteiger partial charge in [-0.25, -0.2) is 0 Å². The van der Waals surface area contributed by atoms with Gasteiger partial charge in [0.05, 0.1) is 5.69 Å². The van der Waals surface area contributed by atoms with E-state index in [9.17, 15) is 4.79 Å². The van der Waals surface area contributed by atoms with Crippen molar-refractivity contribution in [1.29, 1.82) is 0 Å². The van der Waals surface area contributed by atoms with E-state index in [1.807, 2.05) is 37.2 Å². The Morgan fingerprint density at radius 2 is 2.00 bits per heavy atom. The van der Waals surface area contributed by atoms with Crippen molar-refractivity contribution in [3.8, 4) is 0 Å². The van der Waals surface area contributed by atoms with E-state index in [0.29, 0.717) is 0 Å². The van der Waals surface area contributed by atoms with Crippen LogP contribution in [0.3, 0.4) is 0 Å². The molecule has 0 saturated heterocycles. The number of benzene rings is 1. The normalized spacial score (nSPS) is 9.85. The van der Waals surface area contributed by atoms with Gasteiger partial charge in [-0.2, -0.15) is 0 Å². The van der Waals surface area contributed by atoms with Crippen molar-refractivity contribution >= 4 is 27.4 Å². The third-order valence-electron chi connectivity index (χ3n) is 1.84. The first kappa shape index (κ1) is 10.3. The van der Waals surface area contributed by atoms with Crippen LogP contribution in [0.2, 0.25) is 0 Å². The molecule has 0 spiro atoms. The number of anilines is 1. The minimum absolute atomic E-state index is 0.0889. The van der Waals surface area contributed by atoms with Crippen molar-refractivity contribution < 1.29 is 4.79 Å². The quantitative estimate of drug-likeness (QED) is 0.743. The highest BCUT2D eigenvalue weighted by atomic mass is 79.9. The lowest BCUT2D eigenvalue weighted by atomic mass is 10.1. The Kier molecular flexibility index (Phi) is 3.09. The van der Waals surface area contributed by atoms with Crippen LogP contribution in [0.4, 0.5) is 5.69 Å². The molecule has 0 aromatic heterocycles. The molecule has 0 N–H and O–H groups in total. The lowest BCUT2D eigenvalue weighted by Gasteiger charge is -2.14. The van der Waals surface area contributed by atoms with E-state index in [1.54, 1.807) is 6.92 Å². The second kappa shape index (κ2) is 3.92. The van der Waals surface area contributed by atoms with Gasteiger partial charge < -0.3 is 4.90 Å². The fraction of sp³-hybridized carbons (Fsp3) is 0.300. The number of hydrogen-bond acceptors (Lipinski definition) is 2. The molecule has 0 aliphatic rings. The van der Waals surface area contributed by atoms with Gasteiger partial charge in [0.1, 0.15) is 0 Å². The number of hydrogen-bond donors (Lipinski definition) is 0. The highest BCUT2D eigenvalue weighted by Gasteiger charge is 2.05. The van der Waals surface area contributed by atoms with E-state index in [2.05, 4.69) is 15.9 Å². The van der Waals surface area contributed by atoms with Crippen molar-refractivity contribution in [2.75, 3.05) is 19.0 Å². The molecular weight excluding hydrogens is 230 g/mol. The fourth-order valence-electron chi connectivity index (χ4n) is 1.09. The number of halogens is 1. The Balaban J connectivity index is 3.13. The van der Waals surface area contributed by atoms with Crippen molar-refractivity contribution in [3.63, 3.8) is 0 Å². The van der Waals surface area contributed by atoms with Crippen LogP contribution in [0.5, 0.6) is 0 Å². The van der Waals surface area contributed by atoms with Crippen molar-refractivity contribution in [2.24, 2.45) is 0 Å². The SMILES string of the molecule is CC(=O)c1ccc(N(C)C)c(Br)c1. The van der Waals surface area contributed by atoms with Crippen LogP contribution in [-0.2, 0) is 0 Å². The van der Waals surface area contributed by atoms with Crippen LogP contribution in [0.1, 0.15) is 17.3 Å². The summed E-state index contributed by atoms with van der Waals surface area (Å²) in [7, 11) is 3.93. The zero-order chi connectivity index (χ0) is 10.0. The number of Topliss-reactive ketones (excluding diaryl/α,β-unsaturated/α-hetero) is 1. The zero-order valence-electron chi connectivity index (χ0n) is 7.97. The summed E-state index contributed by atoms with van der Waals surface area (Å²) in [6.07, 6.45) is 0. The van der Waals surface area contributed by atoms with Crippen molar-refractivity contribution in [1.82, 2.24) is 0 Å². The number of carbonyl (C=O) groups is 1. The number of rotatable bonds is 2. The van der Waals surface area contributed by atoms with Gasteiger partial charge in [0, 0.05) is 24.1 Å². The molecule has 0 amide bonds. The molecule has 0 heterocycles. The molecule has 0 atom stereocenters. The second-order valence-corrected chi connectivity index (χ2v) is 3.97. The topological polar surface area (TPSA) is 20.3 Å². The maximum Gasteiger partial charge on any atom is 0.159 e. The summed E-state index contributed by atoms with van der Waals surface area (Å²) >= 11 is 3.42. The third kappa shape index (κ3) is 2.31. The summed E-state index contributed by atoms with van der Waals surface area (Å²) in [5.41, 5.74) is 1.81. The Morgan fingerprint density at radius 3 is 2.38 bits per heavy atom. The maximum atomic E-state index is 11.0. The molecular formula is C10H12BrNO. The van der Waals surface area contributed by atoms with E-state index in [0.717, 1.165) is 15.7 Å². The van der Waals surface area contributed by atoms with Crippen LogP contribution < -0.4 is 4.90 Å². The van der Waals surface area contributed by atoms with Gasteiger partial charge in [-0.05, 0) is 41.1 Å². The van der Waals surface area contributed by atoms with Crippen LogP contribution in [0.15, 0.2) is 22.7 Å². The molecule has 1 aromatic carbocycles. The standard InChI is InChI=1S/C10H12BrNO/c1-7(13)8-4-5-10(12(2)3)9(11)6-8/h4-6H,1-3H3. The predicted octanol–water partition coefficient (Wildman–Crippen LogP) is 2.72. The molecule has 1 aromatic rings. The average Bonchev–Trinajstić information content (AvgIpc) is 2.03. The van der Waals surface area contributed by atoms with Crippen molar-refractivity contribution in [3.05, 3.63) is 28.2 Å². The molecule has 0 aliphatic heterocycles. The Bertz CT molecular complexity index is 334. The molecule has 0 bridgehead atoms. The van der Waals surface area contributed by atoms with Crippen LogP contribution in [0, 0.1) is 0 Å². The lowest BCUT2D eigenvalue weighted by molar-refractivity contribution is 0.101. The highest BCUT2D eigenvalue weighted by Crippen LogP contribution is 2.25. The first-order valence-electron chi connectivity index (χ1n) is 4.00. The van der Waals surface area contributed by atoms with Gasteiger partial charge in [0.25, 0.3) is 0 Å². The summed E-state index contributed by atoms with van der Waals surface area (Å²) in [4.78, 5) is 13.0. The largest absolute Gasteiger partial charge is 0.377 e. The summed E-state index contributed by atoms with van der Waals surface area (Å²) in [5.74, 6) is 0.0889. The Morgan fingerprint density at radius 1 is 1.38 bits per heavy atom. The maximum absolute atomic E-state index is 11.0. The summed E-state index contributed by atoms with van der Waals surface area (Å²) in [5, 5.41) is 0. The molecule has 13 heavy (non-hydrogen) atoms. The Labute approximate surface area is 86.7 Å². The average molecular weight is 242 g/mol. The molecule has 1 rings (SSSR count). The van der Waals surface area contributed by atoms with Gasteiger partial charge in [-0.15, -0.1) is 0 Å². The molecule has 70 valence electrons. The van der Waals surface area contributed by atoms with Gasteiger partial charge in [0.2, 0.25) is 0 Å². The molecule has 0 unspecified atom stereocenters. The van der Waals surface area contributed by atoms with E-state index in [1.165, 1.54) is 0 Å².